The van der Waals surface area contributed by atoms with Gasteiger partial charge in [0.25, 0.3) is 10.0 Å². The number of nitrogens with zero attached hydrogens (tertiary/aromatic N) is 1. The van der Waals surface area contributed by atoms with Crippen LogP contribution in [0.3, 0.4) is 0 Å². The van der Waals surface area contributed by atoms with Crippen LogP contribution in [0.1, 0.15) is 37.3 Å². The molecule has 15 heteroatoms. The molecule has 2 aromatic carbocycles. The van der Waals surface area contributed by atoms with Gasteiger partial charge in [-0.25, -0.2) is 16.8 Å². The maximum Gasteiger partial charge on any atom is 0.286 e. The Labute approximate surface area is 221 Å². The van der Waals surface area contributed by atoms with Gasteiger partial charge in [0.1, 0.15) is 21.8 Å². The number of amidine groups is 1. The summed E-state index contributed by atoms with van der Waals surface area (Å²) in [5.74, 6) is -1.92. The number of hydrogen-bond donors (Lipinski definition) is 4. The number of anilines is 2. The minimum atomic E-state index is -4.48. The lowest BCUT2D eigenvalue weighted by Gasteiger charge is -2.39. The normalized spacial score (nSPS) is 20.7. The van der Waals surface area contributed by atoms with E-state index >= 15 is 0 Å². The first-order valence-corrected chi connectivity index (χ1v) is 16.6. The van der Waals surface area contributed by atoms with E-state index in [0.717, 1.165) is 18.6 Å². The molecule has 1 heterocycles. The van der Waals surface area contributed by atoms with Crippen molar-refractivity contribution < 1.29 is 35.2 Å². The fourth-order valence-electron chi connectivity index (χ4n) is 4.56. The van der Waals surface area contributed by atoms with Gasteiger partial charge < -0.3 is 10.4 Å². The maximum atomic E-state index is 14.1. The minimum Gasteiger partial charge on any atom is -0.506 e. The summed E-state index contributed by atoms with van der Waals surface area (Å²) in [5.41, 5.74) is -1.97. The van der Waals surface area contributed by atoms with Crippen molar-refractivity contribution in [3.63, 3.8) is 0 Å². The molecule has 0 amide bonds. The summed E-state index contributed by atoms with van der Waals surface area (Å²) < 4.78 is 82.7. The lowest BCUT2D eigenvalue weighted by atomic mass is 9.72. The molecule has 204 valence electrons. The van der Waals surface area contributed by atoms with Crippen LogP contribution in [-0.4, -0.2) is 54.5 Å². The highest BCUT2D eigenvalue weighted by Crippen LogP contribution is 2.43. The van der Waals surface area contributed by atoms with Crippen LogP contribution in [0.5, 0.6) is 0 Å². The van der Waals surface area contributed by atoms with E-state index in [-0.39, 0.29) is 33.8 Å². The van der Waals surface area contributed by atoms with Crippen LogP contribution in [0.4, 0.5) is 11.4 Å². The van der Waals surface area contributed by atoms with Crippen molar-refractivity contribution in [3.8, 4) is 0 Å². The topological polar surface area (TPSA) is 188 Å². The Bertz CT molecular complexity index is 1730. The smallest absolute Gasteiger partial charge is 0.286 e. The Balaban J connectivity index is 1.92. The largest absolute Gasteiger partial charge is 0.506 e. The van der Waals surface area contributed by atoms with Crippen molar-refractivity contribution in [1.29, 1.82) is 0 Å². The Kier molecular flexibility index (Phi) is 6.93. The third kappa shape index (κ3) is 5.18. The number of hydrogen-bond acceptors (Lipinski definition) is 9. The van der Waals surface area contributed by atoms with Crippen molar-refractivity contribution in [2.24, 2.45) is 4.40 Å². The van der Waals surface area contributed by atoms with Gasteiger partial charge in [-0.3, -0.25) is 9.52 Å². The second-order valence-electron chi connectivity index (χ2n) is 9.11. The van der Waals surface area contributed by atoms with Gasteiger partial charge in [0.05, 0.1) is 18.2 Å². The van der Waals surface area contributed by atoms with Crippen LogP contribution in [0, 0.1) is 0 Å². The van der Waals surface area contributed by atoms with Gasteiger partial charge in [-0.05, 0) is 30.2 Å². The summed E-state index contributed by atoms with van der Waals surface area (Å²) in [4.78, 5) is 13.7. The molecule has 4 rings (SSSR count). The maximum absolute atomic E-state index is 14.1. The molecule has 38 heavy (non-hydrogen) atoms. The summed E-state index contributed by atoms with van der Waals surface area (Å²) in [5, 5.41) is 13.9. The van der Waals surface area contributed by atoms with Gasteiger partial charge >= 0.3 is 0 Å². The fraction of sp³-hybridized carbons (Fsp3) is 0.304. The zero-order valence-corrected chi connectivity index (χ0v) is 23.1. The molecule has 2 aliphatic rings. The van der Waals surface area contributed by atoms with Crippen molar-refractivity contribution in [1.82, 2.24) is 4.72 Å². The Morgan fingerprint density at radius 2 is 1.74 bits per heavy atom. The van der Waals surface area contributed by atoms with E-state index in [4.69, 9.17) is 0 Å². The van der Waals surface area contributed by atoms with Crippen LogP contribution < -0.4 is 14.8 Å². The summed E-state index contributed by atoms with van der Waals surface area (Å²) in [6.45, 7) is 1.87. The number of fused-ring (bicyclic) bond motifs is 2. The summed E-state index contributed by atoms with van der Waals surface area (Å²) in [7, 11) is -12.1. The van der Waals surface area contributed by atoms with E-state index in [1.807, 2.05) is 6.92 Å². The molecule has 0 bridgehead atoms. The third-order valence-electron chi connectivity index (χ3n) is 6.02. The second-order valence-corrected chi connectivity index (χ2v) is 14.2. The molecule has 0 saturated carbocycles. The molecule has 0 saturated heterocycles. The number of Topliss-reactive ketones (excluding diaryl/α,β-unsaturated/α-hetero) is 1. The summed E-state index contributed by atoms with van der Waals surface area (Å²) >= 11 is 0. The average molecular weight is 583 g/mol. The zero-order valence-electron chi connectivity index (χ0n) is 20.6. The van der Waals surface area contributed by atoms with Crippen LogP contribution >= 0.6 is 0 Å². The highest BCUT2D eigenvalue weighted by Gasteiger charge is 2.51. The van der Waals surface area contributed by atoms with Crippen molar-refractivity contribution in [3.05, 3.63) is 59.2 Å². The SMILES string of the molecule is CCCCC1(NS(C)(=O)=O)C(=O)C(C2=NS(=O)(=O)c3cc(NS(C)(=O)=O)ccc3N2)=C(O)c2ccccc21. The standard InChI is InChI=1S/C23H26N4O8S3/c1-4-5-12-23(27-37(3,32)33)16-9-7-6-8-15(16)20(28)19(21(23)29)22-24-17-11-10-14(25-36(2,30)31)13-18(17)38(34,35)26-22/h6-11,13,25,27-28H,4-5,12H2,1-3H3,(H,24,26). The van der Waals surface area contributed by atoms with Gasteiger partial charge in [0.2, 0.25) is 20.0 Å². The van der Waals surface area contributed by atoms with E-state index < -0.39 is 58.6 Å². The van der Waals surface area contributed by atoms with Crippen molar-refractivity contribution in [2.75, 3.05) is 22.6 Å². The number of nitrogens with one attached hydrogen (secondary N) is 3. The van der Waals surface area contributed by atoms with E-state index in [9.17, 15) is 35.2 Å². The van der Waals surface area contributed by atoms with Crippen LogP contribution in [0.2, 0.25) is 0 Å². The zero-order chi connectivity index (χ0) is 28.1. The summed E-state index contributed by atoms with van der Waals surface area (Å²) in [6, 6.07) is 9.90. The quantitative estimate of drug-likeness (QED) is 0.361. The molecule has 1 atom stereocenters. The minimum absolute atomic E-state index is 0.0174. The van der Waals surface area contributed by atoms with E-state index in [1.54, 1.807) is 12.1 Å². The number of aliphatic hydroxyl groups is 1. The van der Waals surface area contributed by atoms with Gasteiger partial charge in [0, 0.05) is 11.3 Å². The third-order valence-corrected chi connectivity index (χ3v) is 8.66. The van der Waals surface area contributed by atoms with Crippen molar-refractivity contribution in [2.45, 2.75) is 36.6 Å². The van der Waals surface area contributed by atoms with Crippen LogP contribution in [-0.2, 0) is 40.4 Å². The van der Waals surface area contributed by atoms with Gasteiger partial charge in [0.15, 0.2) is 11.6 Å². The molecule has 0 radical (unpaired) electrons. The molecule has 1 unspecified atom stereocenters. The van der Waals surface area contributed by atoms with Gasteiger partial charge in [-0.1, -0.05) is 44.0 Å². The number of ketones is 1. The second kappa shape index (κ2) is 9.48. The number of sulfonamides is 3. The lowest BCUT2D eigenvalue weighted by molar-refractivity contribution is -0.121. The monoisotopic (exact) mass is 582 g/mol. The Morgan fingerprint density at radius 1 is 1.05 bits per heavy atom. The molecule has 2 aromatic rings. The molecule has 1 aliphatic carbocycles. The molecule has 4 N–H and O–H groups in total. The number of aliphatic hydroxyl groups excluding tert-OH is 1. The number of unbranched alkanes of at least 4 members (excludes halogenated alkanes) is 1. The van der Waals surface area contributed by atoms with Crippen LogP contribution in [0.15, 0.2) is 57.3 Å². The number of carbonyl (C=O) groups is 1. The molecule has 1 aliphatic heterocycles. The van der Waals surface area contributed by atoms with Gasteiger partial charge in [-0.2, -0.15) is 13.1 Å². The number of rotatable bonds is 8. The predicted molar refractivity (Wildman–Crippen MR) is 143 cm³/mol. The number of benzene rings is 2. The van der Waals surface area contributed by atoms with Crippen LogP contribution in [0.25, 0.3) is 5.76 Å². The summed E-state index contributed by atoms with van der Waals surface area (Å²) in [6.07, 6.45) is 2.92. The highest BCUT2D eigenvalue weighted by molar-refractivity contribution is 7.92. The first-order valence-electron chi connectivity index (χ1n) is 11.4. The molecular formula is C23H26N4O8S3. The van der Waals surface area contributed by atoms with Crippen molar-refractivity contribution >= 4 is 58.8 Å². The highest BCUT2D eigenvalue weighted by atomic mass is 32.2. The predicted octanol–water partition coefficient (Wildman–Crippen LogP) is 2.06. The molecule has 0 fully saturated rings. The van der Waals surface area contributed by atoms with E-state index in [1.165, 1.54) is 24.3 Å². The number of carbonyl (C=O) groups excluding carboxylic acids is 1. The molecule has 12 nitrogen and oxygen atoms in total. The Morgan fingerprint density at radius 3 is 2.37 bits per heavy atom. The van der Waals surface area contributed by atoms with E-state index in [2.05, 4.69) is 19.2 Å². The molecular weight excluding hydrogens is 556 g/mol. The average Bonchev–Trinajstić information content (AvgIpc) is 2.79. The first-order chi connectivity index (χ1) is 17.6. The first kappa shape index (κ1) is 27.8. The Hall–Kier alpha value is -3.27. The fourth-order valence-corrected chi connectivity index (χ4v) is 7.20. The van der Waals surface area contributed by atoms with E-state index in [0.29, 0.717) is 12.8 Å². The molecule has 0 spiro atoms. The lowest BCUT2D eigenvalue weighted by Crippen LogP contribution is -2.55. The molecule has 0 aromatic heterocycles. The van der Waals surface area contributed by atoms with Gasteiger partial charge in [-0.15, -0.1) is 4.40 Å².